The Kier molecular flexibility index (Phi) is 9.33. The molecule has 1 saturated heterocycles. The lowest BCUT2D eigenvalue weighted by atomic mass is 10.1. The number of allylic oxidation sites excluding steroid dienone is 1. The molecular weight excluding hydrogens is 650 g/mol. The maximum Gasteiger partial charge on any atom is 0.410 e. The highest BCUT2D eigenvalue weighted by molar-refractivity contribution is 7.91. The number of hydrogen-bond donors (Lipinski definition) is 3. The molecule has 3 aliphatic heterocycles. The summed E-state index contributed by atoms with van der Waals surface area (Å²) < 4.78 is 39.9. The summed E-state index contributed by atoms with van der Waals surface area (Å²) in [6.07, 6.45) is 6.64. The van der Waals surface area contributed by atoms with Crippen molar-refractivity contribution in [3.63, 3.8) is 0 Å². The van der Waals surface area contributed by atoms with E-state index in [1.165, 1.54) is 9.80 Å². The molecule has 5 aliphatic rings. The van der Waals surface area contributed by atoms with E-state index in [0.29, 0.717) is 18.0 Å². The summed E-state index contributed by atoms with van der Waals surface area (Å²) in [7, 11) is -4.19. The van der Waals surface area contributed by atoms with Gasteiger partial charge >= 0.3 is 6.09 Å². The number of carbonyl (C=O) groups excluding carboxylic acids is 4. The van der Waals surface area contributed by atoms with Gasteiger partial charge in [0.15, 0.2) is 4.93 Å². The van der Waals surface area contributed by atoms with Crippen LogP contribution in [-0.4, -0.2) is 83.8 Å². The van der Waals surface area contributed by atoms with Gasteiger partial charge in [-0.05, 0) is 62.6 Å². The van der Waals surface area contributed by atoms with Crippen molar-refractivity contribution in [1.82, 2.24) is 19.8 Å². The molecule has 1 aromatic rings. The number of amides is 4. The van der Waals surface area contributed by atoms with Crippen molar-refractivity contribution in [2.75, 3.05) is 13.2 Å². The quantitative estimate of drug-likeness (QED) is 0.378. The maximum absolute atomic E-state index is 14.0. The number of benzene rings is 1. The van der Waals surface area contributed by atoms with E-state index in [4.69, 9.17) is 26.8 Å². The molecule has 4 amide bonds. The van der Waals surface area contributed by atoms with Crippen molar-refractivity contribution >= 4 is 45.4 Å². The van der Waals surface area contributed by atoms with Crippen molar-refractivity contribution < 1.29 is 37.1 Å². The highest BCUT2D eigenvalue weighted by Crippen LogP contribution is 2.48. The van der Waals surface area contributed by atoms with E-state index in [9.17, 15) is 27.6 Å². The lowest BCUT2D eigenvalue weighted by Crippen LogP contribution is -2.58. The fraction of sp³-hybridized carbons (Fsp3) is 0.625. The van der Waals surface area contributed by atoms with Crippen molar-refractivity contribution in [3.8, 4) is 0 Å². The molecular formula is C32H42ClN5O8S. The van der Waals surface area contributed by atoms with Crippen LogP contribution in [0.4, 0.5) is 4.79 Å². The first kappa shape index (κ1) is 33.7. The van der Waals surface area contributed by atoms with Crippen LogP contribution in [0.3, 0.4) is 0 Å². The molecule has 3 fully saturated rings. The first-order valence-electron chi connectivity index (χ1n) is 16.4. The third-order valence-corrected chi connectivity index (χ3v) is 12.2. The third-order valence-electron chi connectivity index (χ3n) is 9.92. The number of nitrogens with zero attached hydrogens (tertiary/aromatic N) is 2. The van der Waals surface area contributed by atoms with Crippen molar-refractivity contribution in [1.29, 1.82) is 0 Å². The number of nitrogens with two attached hydrogens (primary N) is 1. The predicted molar refractivity (Wildman–Crippen MR) is 171 cm³/mol. The van der Waals surface area contributed by atoms with Gasteiger partial charge < -0.3 is 25.4 Å². The molecule has 2 saturated carbocycles. The first-order valence-corrected chi connectivity index (χ1v) is 18.2. The van der Waals surface area contributed by atoms with E-state index < -0.39 is 68.4 Å². The molecule has 1 unspecified atom stereocenters. The topological polar surface area (TPSA) is 177 Å². The zero-order valence-corrected chi connectivity index (χ0v) is 28.0. The van der Waals surface area contributed by atoms with Gasteiger partial charge in [0.25, 0.3) is 15.9 Å². The minimum Gasteiger partial charge on any atom is -0.444 e. The van der Waals surface area contributed by atoms with Crippen LogP contribution in [0.2, 0.25) is 5.02 Å². The van der Waals surface area contributed by atoms with Crippen molar-refractivity contribution in [2.24, 2.45) is 11.7 Å². The average molecular weight is 692 g/mol. The van der Waals surface area contributed by atoms with Crippen LogP contribution in [0.25, 0.3) is 0 Å². The Hall–Kier alpha value is -3.20. The van der Waals surface area contributed by atoms with E-state index in [1.807, 2.05) is 24.3 Å². The zero-order valence-electron chi connectivity index (χ0n) is 26.4. The number of halogens is 1. The monoisotopic (exact) mass is 691 g/mol. The summed E-state index contributed by atoms with van der Waals surface area (Å²) in [5.74, 6) is -2.38. The Morgan fingerprint density at radius 1 is 1.17 bits per heavy atom. The highest BCUT2D eigenvalue weighted by Gasteiger charge is 2.64. The molecule has 3 heterocycles. The number of hydrogen-bond acceptors (Lipinski definition) is 9. The summed E-state index contributed by atoms with van der Waals surface area (Å²) in [5.41, 5.74) is 6.54. The fourth-order valence-electron chi connectivity index (χ4n) is 6.95. The Labute approximate surface area is 279 Å². The van der Waals surface area contributed by atoms with Crippen LogP contribution in [0.1, 0.15) is 75.8 Å². The molecule has 0 bridgehead atoms. The maximum atomic E-state index is 14.0. The number of fused-ring (bicyclic) bond motifs is 3. The second-order valence-corrected chi connectivity index (χ2v) is 15.6. The number of rotatable bonds is 6. The van der Waals surface area contributed by atoms with Crippen molar-refractivity contribution in [3.05, 3.63) is 46.5 Å². The van der Waals surface area contributed by atoms with E-state index >= 15 is 0 Å². The lowest BCUT2D eigenvalue weighted by molar-refractivity contribution is -0.140. The number of sulfonamides is 1. The summed E-state index contributed by atoms with van der Waals surface area (Å²) in [6, 6.07) is 3.52. The molecule has 0 radical (unpaired) electrons. The van der Waals surface area contributed by atoms with E-state index in [1.54, 1.807) is 13.0 Å². The average Bonchev–Trinajstić information content (AvgIpc) is 3.85. The van der Waals surface area contributed by atoms with Gasteiger partial charge in [-0.25, -0.2) is 17.9 Å². The Morgan fingerprint density at radius 2 is 1.96 bits per heavy atom. The second kappa shape index (κ2) is 13.0. The van der Waals surface area contributed by atoms with Crippen LogP contribution in [0, 0.1) is 5.92 Å². The standard InChI is InChI=1S/C32H42ClN5O8S/c1-2-45-31(13-14-31)47(43,44)36-29(41)32-16-21(32)10-6-4-3-5-7-12-25(34)28(40)38-18-22(15-26(38)27(39)35-32)46-30(42)37-17-20-9-8-11-24(33)23(20)19-37/h6,8-11,21-22,25-26H,2-5,7,12-19,34H2,1H3,(H,35,39)(H,36,41)/b10-6-/t21-,22-,25?,26+,32-/m1/s1. The van der Waals surface area contributed by atoms with E-state index in [-0.39, 0.29) is 45.4 Å². The number of ether oxygens (including phenoxy) is 2. The normalized spacial score (nSPS) is 31.0. The minimum absolute atomic E-state index is 0.0124. The summed E-state index contributed by atoms with van der Waals surface area (Å²) in [4.78, 5) is 55.9. The molecule has 5 atom stereocenters. The zero-order chi connectivity index (χ0) is 33.6. The summed E-state index contributed by atoms with van der Waals surface area (Å²) in [6.45, 7) is 2.39. The first-order chi connectivity index (χ1) is 22.4. The predicted octanol–water partition coefficient (Wildman–Crippen LogP) is 2.46. The van der Waals surface area contributed by atoms with Crippen LogP contribution in [0.5, 0.6) is 0 Å². The van der Waals surface area contributed by atoms with E-state index in [0.717, 1.165) is 36.8 Å². The van der Waals surface area contributed by atoms with Gasteiger partial charge in [-0.2, -0.15) is 0 Å². The molecule has 0 spiro atoms. The molecule has 15 heteroatoms. The van der Waals surface area contributed by atoms with Gasteiger partial charge in [0.05, 0.1) is 19.1 Å². The molecule has 47 heavy (non-hydrogen) atoms. The van der Waals surface area contributed by atoms with Crippen molar-refractivity contribution in [2.45, 2.75) is 106 Å². The molecule has 0 aromatic heterocycles. The van der Waals surface area contributed by atoms with Crippen LogP contribution in [-0.2, 0) is 47.0 Å². The molecule has 4 N–H and O–H groups in total. The smallest absolute Gasteiger partial charge is 0.410 e. The Balaban J connectivity index is 1.21. The molecule has 1 aromatic carbocycles. The minimum atomic E-state index is -4.19. The second-order valence-electron chi connectivity index (χ2n) is 13.2. The van der Waals surface area contributed by atoms with Crippen LogP contribution >= 0.6 is 11.6 Å². The summed E-state index contributed by atoms with van der Waals surface area (Å²) >= 11 is 6.32. The van der Waals surface area contributed by atoms with E-state index in [2.05, 4.69) is 10.0 Å². The number of carbonyl (C=O) groups is 4. The van der Waals surface area contributed by atoms with Gasteiger partial charge in [0.2, 0.25) is 11.8 Å². The van der Waals surface area contributed by atoms with Gasteiger partial charge in [0, 0.05) is 30.5 Å². The van der Waals surface area contributed by atoms with Gasteiger partial charge in [-0.15, -0.1) is 0 Å². The van der Waals surface area contributed by atoms with Crippen LogP contribution < -0.4 is 15.8 Å². The largest absolute Gasteiger partial charge is 0.444 e. The Bertz CT molecular complexity index is 1580. The Morgan fingerprint density at radius 3 is 2.68 bits per heavy atom. The van der Waals surface area contributed by atoms with Gasteiger partial charge in [-0.1, -0.05) is 48.7 Å². The number of nitrogens with one attached hydrogen (secondary N) is 2. The SMILES string of the molecule is CCOC1(S(=O)(=O)NC(=O)[C@@]23C[C@H]2/C=C\CCCCCC(N)C(=O)N2C[C@H](OC(=O)N4Cc5cccc(Cl)c5C4)C[C@H]2C(=O)N3)CC1. The van der Waals surface area contributed by atoms with Gasteiger partial charge in [0.1, 0.15) is 17.7 Å². The fourth-order valence-corrected chi connectivity index (χ4v) is 8.73. The summed E-state index contributed by atoms with van der Waals surface area (Å²) in [5, 5.41) is 3.37. The molecule has 13 nitrogen and oxygen atoms in total. The third kappa shape index (κ3) is 6.61. The lowest BCUT2D eigenvalue weighted by Gasteiger charge is -2.28. The molecule has 2 aliphatic carbocycles. The molecule has 256 valence electrons. The highest BCUT2D eigenvalue weighted by atomic mass is 35.5. The van der Waals surface area contributed by atoms with Crippen LogP contribution in [0.15, 0.2) is 30.4 Å². The van der Waals surface area contributed by atoms with Gasteiger partial charge in [-0.3, -0.25) is 19.3 Å². The molecule has 6 rings (SSSR count).